The quantitative estimate of drug-likeness (QED) is 0.744. The molecular formula is C20H20FN3O. The lowest BCUT2D eigenvalue weighted by Gasteiger charge is -2.09. The molecule has 1 aliphatic rings. The number of rotatable bonds is 6. The molecule has 5 heteroatoms. The highest BCUT2D eigenvalue weighted by molar-refractivity contribution is 5.77. The summed E-state index contributed by atoms with van der Waals surface area (Å²) >= 11 is 0. The Kier molecular flexibility index (Phi) is 4.22. The largest absolute Gasteiger partial charge is 0.349 e. The molecule has 0 radical (unpaired) electrons. The van der Waals surface area contributed by atoms with Crippen molar-refractivity contribution >= 4 is 16.9 Å². The lowest BCUT2D eigenvalue weighted by Crippen LogP contribution is -2.24. The second-order valence-electron chi connectivity index (χ2n) is 6.52. The number of imidazole rings is 1. The Labute approximate surface area is 145 Å². The van der Waals surface area contributed by atoms with Crippen molar-refractivity contribution in [2.75, 3.05) is 0 Å². The van der Waals surface area contributed by atoms with Crippen LogP contribution in [-0.4, -0.2) is 15.5 Å². The maximum Gasteiger partial charge on any atom is 0.220 e. The van der Waals surface area contributed by atoms with E-state index < -0.39 is 0 Å². The van der Waals surface area contributed by atoms with Crippen molar-refractivity contribution in [3.63, 3.8) is 0 Å². The molecule has 0 atom stereocenters. The van der Waals surface area contributed by atoms with Gasteiger partial charge in [-0.3, -0.25) is 4.79 Å². The molecule has 0 bridgehead atoms. The summed E-state index contributed by atoms with van der Waals surface area (Å²) < 4.78 is 15.2. The highest BCUT2D eigenvalue weighted by atomic mass is 19.1. The van der Waals surface area contributed by atoms with Crippen LogP contribution in [0.3, 0.4) is 0 Å². The van der Waals surface area contributed by atoms with Crippen molar-refractivity contribution in [2.45, 2.75) is 38.3 Å². The molecule has 1 N–H and O–H groups in total. The van der Waals surface area contributed by atoms with E-state index in [4.69, 9.17) is 0 Å². The third kappa shape index (κ3) is 3.55. The van der Waals surface area contributed by atoms with E-state index in [1.807, 2.05) is 18.2 Å². The van der Waals surface area contributed by atoms with Gasteiger partial charge in [0.2, 0.25) is 5.91 Å². The SMILES string of the molecule is O=C(CCc1ccc(F)cc1)NCc1nc2ccccc2n1C1CC1. The first kappa shape index (κ1) is 15.8. The minimum atomic E-state index is -0.257. The number of benzene rings is 2. The molecule has 4 rings (SSSR count). The maximum atomic E-state index is 12.9. The molecule has 1 amide bonds. The summed E-state index contributed by atoms with van der Waals surface area (Å²) in [7, 11) is 0. The van der Waals surface area contributed by atoms with E-state index in [1.165, 1.54) is 25.0 Å². The number of halogens is 1. The first-order chi connectivity index (χ1) is 12.2. The number of carbonyl (C=O) groups is 1. The van der Waals surface area contributed by atoms with Gasteiger partial charge in [0, 0.05) is 12.5 Å². The molecule has 1 aliphatic carbocycles. The van der Waals surface area contributed by atoms with E-state index in [-0.39, 0.29) is 11.7 Å². The van der Waals surface area contributed by atoms with Crippen LogP contribution in [0.25, 0.3) is 11.0 Å². The zero-order valence-corrected chi connectivity index (χ0v) is 13.9. The number of nitrogens with one attached hydrogen (secondary N) is 1. The average molecular weight is 337 g/mol. The molecule has 4 nitrogen and oxygen atoms in total. The van der Waals surface area contributed by atoms with Crippen LogP contribution in [0.5, 0.6) is 0 Å². The molecule has 0 saturated heterocycles. The summed E-state index contributed by atoms with van der Waals surface area (Å²) in [5, 5.41) is 2.97. The van der Waals surface area contributed by atoms with E-state index in [2.05, 4.69) is 20.9 Å². The number of nitrogens with zero attached hydrogens (tertiary/aromatic N) is 2. The van der Waals surface area contributed by atoms with Crippen LogP contribution in [0.1, 0.15) is 36.7 Å². The van der Waals surface area contributed by atoms with Crippen LogP contribution < -0.4 is 5.32 Å². The average Bonchev–Trinajstić information content (AvgIpc) is 3.39. The fourth-order valence-electron chi connectivity index (χ4n) is 3.13. The molecule has 0 spiro atoms. The summed E-state index contributed by atoms with van der Waals surface area (Å²) in [5.74, 6) is 0.643. The van der Waals surface area contributed by atoms with Gasteiger partial charge in [0.1, 0.15) is 11.6 Å². The smallest absolute Gasteiger partial charge is 0.220 e. The Bertz CT molecular complexity index is 897. The molecular weight excluding hydrogens is 317 g/mol. The Morgan fingerprint density at radius 3 is 2.68 bits per heavy atom. The number of amides is 1. The Balaban J connectivity index is 1.39. The lowest BCUT2D eigenvalue weighted by molar-refractivity contribution is -0.121. The van der Waals surface area contributed by atoms with E-state index in [0.717, 1.165) is 22.4 Å². The standard InChI is InChI=1S/C20H20FN3O/c21-15-8-5-14(6-9-15)7-12-20(25)22-13-19-23-17-3-1-2-4-18(17)24(19)16-10-11-16/h1-6,8-9,16H,7,10-13H2,(H,22,25). The second kappa shape index (κ2) is 6.67. The third-order valence-corrected chi connectivity index (χ3v) is 4.58. The predicted molar refractivity (Wildman–Crippen MR) is 94.6 cm³/mol. The summed E-state index contributed by atoms with van der Waals surface area (Å²) in [6.07, 6.45) is 3.33. The number of fused-ring (bicyclic) bond motifs is 1. The topological polar surface area (TPSA) is 46.9 Å². The van der Waals surface area contributed by atoms with E-state index in [9.17, 15) is 9.18 Å². The van der Waals surface area contributed by atoms with Crippen molar-refractivity contribution in [1.82, 2.24) is 14.9 Å². The third-order valence-electron chi connectivity index (χ3n) is 4.58. The zero-order chi connectivity index (χ0) is 17.2. The summed E-state index contributed by atoms with van der Waals surface area (Å²) in [4.78, 5) is 16.8. The normalized spacial score (nSPS) is 14.0. The molecule has 1 saturated carbocycles. The molecule has 128 valence electrons. The fourth-order valence-corrected chi connectivity index (χ4v) is 3.13. The van der Waals surface area contributed by atoms with Gasteiger partial charge >= 0.3 is 0 Å². The molecule has 1 fully saturated rings. The first-order valence-corrected chi connectivity index (χ1v) is 8.68. The molecule has 0 unspecified atom stereocenters. The molecule has 2 aromatic carbocycles. The van der Waals surface area contributed by atoms with Crippen molar-refractivity contribution in [1.29, 1.82) is 0 Å². The number of carbonyl (C=O) groups excluding carboxylic acids is 1. The van der Waals surface area contributed by atoms with Gasteiger partial charge in [-0.05, 0) is 49.1 Å². The molecule has 1 heterocycles. The number of aryl methyl sites for hydroxylation is 1. The van der Waals surface area contributed by atoms with Crippen molar-refractivity contribution in [2.24, 2.45) is 0 Å². The van der Waals surface area contributed by atoms with Crippen LogP contribution in [0.4, 0.5) is 4.39 Å². The fraction of sp³-hybridized carbons (Fsp3) is 0.300. The molecule has 3 aromatic rings. The monoisotopic (exact) mass is 337 g/mol. The second-order valence-corrected chi connectivity index (χ2v) is 6.52. The van der Waals surface area contributed by atoms with Crippen LogP contribution in [0.15, 0.2) is 48.5 Å². The van der Waals surface area contributed by atoms with Crippen molar-refractivity contribution in [3.05, 3.63) is 65.7 Å². The van der Waals surface area contributed by atoms with E-state index in [0.29, 0.717) is 25.4 Å². The van der Waals surface area contributed by atoms with Gasteiger partial charge in [0.05, 0.1) is 17.6 Å². The van der Waals surface area contributed by atoms with Gasteiger partial charge in [-0.15, -0.1) is 0 Å². The highest BCUT2D eigenvalue weighted by Crippen LogP contribution is 2.38. The molecule has 25 heavy (non-hydrogen) atoms. The van der Waals surface area contributed by atoms with Crippen LogP contribution >= 0.6 is 0 Å². The molecule has 1 aromatic heterocycles. The highest BCUT2D eigenvalue weighted by Gasteiger charge is 2.28. The summed E-state index contributed by atoms with van der Waals surface area (Å²) in [6, 6.07) is 14.9. The predicted octanol–water partition coefficient (Wildman–Crippen LogP) is 3.76. The number of para-hydroxylation sites is 2. The minimum Gasteiger partial charge on any atom is -0.349 e. The van der Waals surface area contributed by atoms with Gasteiger partial charge in [-0.1, -0.05) is 24.3 Å². The molecule has 0 aliphatic heterocycles. The summed E-state index contributed by atoms with van der Waals surface area (Å²) in [6.45, 7) is 0.438. The van der Waals surface area contributed by atoms with E-state index >= 15 is 0 Å². The maximum absolute atomic E-state index is 12.9. The van der Waals surface area contributed by atoms with Crippen LogP contribution in [0, 0.1) is 5.82 Å². The van der Waals surface area contributed by atoms with Crippen LogP contribution in [-0.2, 0) is 17.8 Å². The van der Waals surface area contributed by atoms with Crippen molar-refractivity contribution in [3.8, 4) is 0 Å². The Morgan fingerprint density at radius 2 is 1.92 bits per heavy atom. The number of hydrogen-bond acceptors (Lipinski definition) is 2. The van der Waals surface area contributed by atoms with Gasteiger partial charge in [0.25, 0.3) is 0 Å². The minimum absolute atomic E-state index is 0.0151. The lowest BCUT2D eigenvalue weighted by atomic mass is 10.1. The summed E-state index contributed by atoms with van der Waals surface area (Å²) in [5.41, 5.74) is 3.08. The zero-order valence-electron chi connectivity index (χ0n) is 13.9. The van der Waals surface area contributed by atoms with Gasteiger partial charge in [0.15, 0.2) is 0 Å². The van der Waals surface area contributed by atoms with Gasteiger partial charge in [-0.2, -0.15) is 0 Å². The number of hydrogen-bond donors (Lipinski definition) is 1. The van der Waals surface area contributed by atoms with Gasteiger partial charge in [-0.25, -0.2) is 9.37 Å². The van der Waals surface area contributed by atoms with Crippen LogP contribution in [0.2, 0.25) is 0 Å². The Hall–Kier alpha value is -2.69. The first-order valence-electron chi connectivity index (χ1n) is 8.68. The Morgan fingerprint density at radius 1 is 1.16 bits per heavy atom. The van der Waals surface area contributed by atoms with E-state index in [1.54, 1.807) is 12.1 Å². The van der Waals surface area contributed by atoms with Gasteiger partial charge < -0.3 is 9.88 Å². The number of aromatic nitrogens is 2. The van der Waals surface area contributed by atoms with Crippen molar-refractivity contribution < 1.29 is 9.18 Å².